The Morgan fingerprint density at radius 2 is 2.11 bits per heavy atom. The van der Waals surface area contributed by atoms with Crippen LogP contribution in [0.4, 0.5) is 5.69 Å². The summed E-state index contributed by atoms with van der Waals surface area (Å²) in [5.41, 5.74) is 0.459. The van der Waals surface area contributed by atoms with Crippen LogP contribution in [0.2, 0.25) is 0 Å². The summed E-state index contributed by atoms with van der Waals surface area (Å²) >= 11 is 0. The molecule has 2 aromatic rings. The van der Waals surface area contributed by atoms with Gasteiger partial charge in [-0.1, -0.05) is 17.3 Å². The van der Waals surface area contributed by atoms with Gasteiger partial charge in [-0.3, -0.25) is 0 Å². The number of nitrogens with two attached hydrogens (primary N) is 1. The molecule has 7 nitrogen and oxygen atoms in total. The van der Waals surface area contributed by atoms with Crippen molar-refractivity contribution in [2.75, 3.05) is 11.9 Å². The van der Waals surface area contributed by atoms with Crippen LogP contribution in [-0.2, 0) is 16.4 Å². The molecule has 2 rings (SSSR count). The fourth-order valence-corrected chi connectivity index (χ4v) is 2.32. The minimum absolute atomic E-state index is 0.0664. The molecule has 0 atom stereocenters. The van der Waals surface area contributed by atoms with Crippen LogP contribution in [0.25, 0.3) is 0 Å². The zero-order chi connectivity index (χ0) is 13.9. The third-order valence-corrected chi connectivity index (χ3v) is 3.39. The van der Waals surface area contributed by atoms with Crippen LogP contribution in [-0.4, -0.2) is 25.1 Å². The smallest absolute Gasteiger partial charge is 0.240 e. The standard InChI is InChI=1S/C11H14N4O3S/c1-8-14-11(18-15-8)6-7-13-9-4-2-3-5-10(9)19(12,16)17/h2-5,13H,6-7H2,1H3,(H2,12,16,17). The van der Waals surface area contributed by atoms with Crippen molar-refractivity contribution in [3.63, 3.8) is 0 Å². The first kappa shape index (κ1) is 13.5. The fraction of sp³-hybridized carbons (Fsp3) is 0.273. The van der Waals surface area contributed by atoms with Gasteiger partial charge in [0, 0.05) is 13.0 Å². The van der Waals surface area contributed by atoms with Crippen LogP contribution in [0.3, 0.4) is 0 Å². The molecule has 1 aromatic carbocycles. The largest absolute Gasteiger partial charge is 0.383 e. The molecule has 0 saturated heterocycles. The van der Waals surface area contributed by atoms with E-state index in [4.69, 9.17) is 9.66 Å². The maximum Gasteiger partial charge on any atom is 0.240 e. The molecule has 0 unspecified atom stereocenters. The summed E-state index contributed by atoms with van der Waals surface area (Å²) in [4.78, 5) is 4.12. The summed E-state index contributed by atoms with van der Waals surface area (Å²) in [5.74, 6) is 1.07. The van der Waals surface area contributed by atoms with Gasteiger partial charge in [0.2, 0.25) is 15.9 Å². The summed E-state index contributed by atoms with van der Waals surface area (Å²) < 4.78 is 27.7. The Bertz CT molecular complexity index is 666. The monoisotopic (exact) mass is 282 g/mol. The van der Waals surface area contributed by atoms with Gasteiger partial charge < -0.3 is 9.84 Å². The second-order valence-corrected chi connectivity index (χ2v) is 5.48. The van der Waals surface area contributed by atoms with Crippen molar-refractivity contribution in [2.24, 2.45) is 5.14 Å². The van der Waals surface area contributed by atoms with Crippen molar-refractivity contribution >= 4 is 15.7 Å². The first-order valence-corrected chi connectivity index (χ1v) is 7.16. The van der Waals surface area contributed by atoms with E-state index in [0.29, 0.717) is 30.4 Å². The first-order valence-electron chi connectivity index (χ1n) is 5.62. The molecule has 0 spiro atoms. The van der Waals surface area contributed by atoms with E-state index >= 15 is 0 Å². The van der Waals surface area contributed by atoms with Gasteiger partial charge in [0.15, 0.2) is 5.82 Å². The average molecular weight is 282 g/mol. The highest BCUT2D eigenvalue weighted by Gasteiger charge is 2.12. The number of nitrogens with one attached hydrogen (secondary N) is 1. The SMILES string of the molecule is Cc1noc(CCNc2ccccc2S(N)(=O)=O)n1. The molecule has 19 heavy (non-hydrogen) atoms. The number of benzene rings is 1. The van der Waals surface area contributed by atoms with Gasteiger partial charge in [0.1, 0.15) is 4.90 Å². The van der Waals surface area contributed by atoms with E-state index in [1.54, 1.807) is 25.1 Å². The van der Waals surface area contributed by atoms with Crippen molar-refractivity contribution in [1.29, 1.82) is 0 Å². The highest BCUT2D eigenvalue weighted by Crippen LogP contribution is 2.18. The lowest BCUT2D eigenvalue weighted by atomic mass is 10.3. The third kappa shape index (κ3) is 3.52. The first-order chi connectivity index (χ1) is 8.97. The summed E-state index contributed by atoms with van der Waals surface area (Å²) in [6, 6.07) is 6.45. The van der Waals surface area contributed by atoms with Crippen LogP contribution in [0.15, 0.2) is 33.7 Å². The third-order valence-electron chi connectivity index (χ3n) is 2.42. The normalized spacial score (nSPS) is 11.5. The molecule has 3 N–H and O–H groups in total. The van der Waals surface area contributed by atoms with E-state index in [9.17, 15) is 8.42 Å². The molecule has 8 heteroatoms. The number of primary sulfonamides is 1. The number of aromatic nitrogens is 2. The molecule has 0 fully saturated rings. The topological polar surface area (TPSA) is 111 Å². The molecule has 0 saturated carbocycles. The number of hydrogen-bond acceptors (Lipinski definition) is 6. The number of hydrogen-bond donors (Lipinski definition) is 2. The van der Waals surface area contributed by atoms with E-state index < -0.39 is 10.0 Å². The molecule has 0 radical (unpaired) electrons. The number of nitrogens with zero attached hydrogens (tertiary/aromatic N) is 2. The number of rotatable bonds is 5. The van der Waals surface area contributed by atoms with E-state index in [1.807, 2.05) is 0 Å². The number of sulfonamides is 1. The van der Waals surface area contributed by atoms with Crippen LogP contribution in [0.1, 0.15) is 11.7 Å². The maximum atomic E-state index is 11.4. The quantitative estimate of drug-likeness (QED) is 0.834. The van der Waals surface area contributed by atoms with E-state index in [0.717, 1.165) is 0 Å². The van der Waals surface area contributed by atoms with Gasteiger partial charge in [0.25, 0.3) is 0 Å². The van der Waals surface area contributed by atoms with Crippen LogP contribution < -0.4 is 10.5 Å². The molecular formula is C11H14N4O3S. The summed E-state index contributed by atoms with van der Waals surface area (Å²) in [7, 11) is -3.74. The molecule has 0 amide bonds. The van der Waals surface area contributed by atoms with Crippen LogP contribution >= 0.6 is 0 Å². The minimum Gasteiger partial charge on any atom is -0.383 e. The lowest BCUT2D eigenvalue weighted by Gasteiger charge is -2.09. The molecule has 0 aliphatic heterocycles. The Morgan fingerprint density at radius 1 is 1.37 bits per heavy atom. The van der Waals surface area contributed by atoms with Crippen molar-refractivity contribution in [3.8, 4) is 0 Å². The van der Waals surface area contributed by atoms with Crippen molar-refractivity contribution in [3.05, 3.63) is 36.0 Å². The Hall–Kier alpha value is -1.93. The van der Waals surface area contributed by atoms with Crippen LogP contribution in [0, 0.1) is 6.92 Å². The molecule has 1 heterocycles. The number of aryl methyl sites for hydroxylation is 1. The zero-order valence-corrected chi connectivity index (χ0v) is 11.1. The predicted octanol–water partition coefficient (Wildman–Crippen LogP) is 0.680. The lowest BCUT2D eigenvalue weighted by Crippen LogP contribution is -2.16. The number of para-hydroxylation sites is 1. The van der Waals surface area contributed by atoms with E-state index in [1.165, 1.54) is 6.07 Å². The summed E-state index contributed by atoms with van der Waals surface area (Å²) in [5, 5.41) is 11.8. The molecule has 1 aromatic heterocycles. The molecule has 0 aliphatic rings. The van der Waals surface area contributed by atoms with Gasteiger partial charge in [-0.25, -0.2) is 13.6 Å². The van der Waals surface area contributed by atoms with Crippen LogP contribution in [0.5, 0.6) is 0 Å². The highest BCUT2D eigenvalue weighted by molar-refractivity contribution is 7.89. The summed E-state index contributed by atoms with van der Waals surface area (Å²) in [6.07, 6.45) is 0.500. The van der Waals surface area contributed by atoms with Gasteiger partial charge in [-0.05, 0) is 19.1 Å². The molecule has 102 valence electrons. The lowest BCUT2D eigenvalue weighted by molar-refractivity contribution is 0.377. The van der Waals surface area contributed by atoms with Gasteiger partial charge >= 0.3 is 0 Å². The number of anilines is 1. The minimum atomic E-state index is -3.74. The molecular weight excluding hydrogens is 268 g/mol. The zero-order valence-electron chi connectivity index (χ0n) is 10.3. The Kier molecular flexibility index (Phi) is 3.82. The molecule has 0 bridgehead atoms. The summed E-state index contributed by atoms with van der Waals surface area (Å²) in [6.45, 7) is 2.20. The average Bonchev–Trinajstić information content (AvgIpc) is 2.74. The van der Waals surface area contributed by atoms with Crippen molar-refractivity contribution < 1.29 is 12.9 Å². The highest BCUT2D eigenvalue weighted by atomic mass is 32.2. The van der Waals surface area contributed by atoms with Crippen molar-refractivity contribution in [2.45, 2.75) is 18.2 Å². The van der Waals surface area contributed by atoms with E-state index in [-0.39, 0.29) is 4.90 Å². The Morgan fingerprint density at radius 3 is 2.74 bits per heavy atom. The molecule has 0 aliphatic carbocycles. The van der Waals surface area contributed by atoms with Crippen molar-refractivity contribution in [1.82, 2.24) is 10.1 Å². The second-order valence-electron chi connectivity index (χ2n) is 3.95. The Labute approximate surface area is 110 Å². The second kappa shape index (κ2) is 5.37. The fourth-order valence-electron chi connectivity index (χ4n) is 1.61. The van der Waals surface area contributed by atoms with Gasteiger partial charge in [-0.15, -0.1) is 0 Å². The Balaban J connectivity index is 2.04. The maximum absolute atomic E-state index is 11.4. The van der Waals surface area contributed by atoms with Gasteiger partial charge in [0.05, 0.1) is 5.69 Å². The van der Waals surface area contributed by atoms with E-state index in [2.05, 4.69) is 15.5 Å². The predicted molar refractivity (Wildman–Crippen MR) is 69.0 cm³/mol. The van der Waals surface area contributed by atoms with Gasteiger partial charge in [-0.2, -0.15) is 4.98 Å².